The molecular formula is C26H22Cl2FN5O3. The summed E-state index contributed by atoms with van der Waals surface area (Å²) in [6.45, 7) is 1.46. The maximum Gasteiger partial charge on any atom is 0.257 e. The number of methoxy groups -OCH3 is 1. The monoisotopic (exact) mass is 541 g/mol. The zero-order chi connectivity index (χ0) is 26.5. The van der Waals surface area contributed by atoms with Gasteiger partial charge in [0.25, 0.3) is 5.91 Å². The predicted molar refractivity (Wildman–Crippen MR) is 134 cm³/mol. The van der Waals surface area contributed by atoms with E-state index in [0.29, 0.717) is 21.3 Å². The Balaban J connectivity index is 1.72. The third-order valence-corrected chi connectivity index (χ3v) is 7.06. The van der Waals surface area contributed by atoms with Crippen molar-refractivity contribution in [1.29, 1.82) is 0 Å². The molecule has 2 atom stereocenters. The molecule has 1 N–H and O–H groups in total. The molecule has 0 aliphatic carbocycles. The van der Waals surface area contributed by atoms with Crippen LogP contribution in [0.4, 0.5) is 4.39 Å². The lowest BCUT2D eigenvalue weighted by Crippen LogP contribution is -2.46. The number of aryl methyl sites for hydroxylation is 1. The van der Waals surface area contributed by atoms with Gasteiger partial charge in [0.05, 0.1) is 34.6 Å². The number of nitrogens with zero attached hydrogens (tertiary/aromatic N) is 5. The molecule has 0 bridgehead atoms. The van der Waals surface area contributed by atoms with Crippen LogP contribution in [0.15, 0.2) is 60.9 Å². The average Bonchev–Trinajstić information content (AvgIpc) is 3.42. The fourth-order valence-electron chi connectivity index (χ4n) is 4.69. The Morgan fingerprint density at radius 2 is 1.84 bits per heavy atom. The highest BCUT2D eigenvalue weighted by Crippen LogP contribution is 2.48. The van der Waals surface area contributed by atoms with Crippen molar-refractivity contribution in [2.75, 3.05) is 7.11 Å². The molecule has 3 heterocycles. The van der Waals surface area contributed by atoms with Gasteiger partial charge in [-0.05, 0) is 48.9 Å². The first kappa shape index (κ1) is 25.3. The lowest BCUT2D eigenvalue weighted by atomic mass is 9.87. The normalized spacial score (nSPS) is 18.7. The first-order valence-electron chi connectivity index (χ1n) is 11.2. The van der Waals surface area contributed by atoms with Crippen molar-refractivity contribution in [3.05, 3.63) is 110 Å². The minimum atomic E-state index is -1.72. The molecule has 5 rings (SSSR count). The number of carbonyl (C=O) groups is 1. The molecule has 190 valence electrons. The first-order valence-corrected chi connectivity index (χ1v) is 12.0. The van der Waals surface area contributed by atoms with Crippen LogP contribution in [0, 0.1) is 5.82 Å². The summed E-state index contributed by atoms with van der Waals surface area (Å²) < 4.78 is 23.5. The number of rotatable bonds is 6. The van der Waals surface area contributed by atoms with Crippen molar-refractivity contribution in [2.24, 2.45) is 7.05 Å². The average molecular weight is 542 g/mol. The number of pyridine rings is 1. The second kappa shape index (κ2) is 9.18. The van der Waals surface area contributed by atoms with Crippen LogP contribution in [-0.4, -0.2) is 43.0 Å². The first-order chi connectivity index (χ1) is 17.6. The van der Waals surface area contributed by atoms with Crippen molar-refractivity contribution in [3.63, 3.8) is 0 Å². The van der Waals surface area contributed by atoms with Crippen LogP contribution in [0.1, 0.15) is 45.4 Å². The SMILES string of the molecule is CO[C@]1(c2ccc(Cl)cc2)c2c(F)cc(C(C)(O)c3cn(C)nn3)cc2C(=O)N1Cc1ccc(Cl)cn1. The Labute approximate surface area is 222 Å². The van der Waals surface area contributed by atoms with E-state index in [4.69, 9.17) is 27.9 Å². The van der Waals surface area contributed by atoms with E-state index in [2.05, 4.69) is 15.3 Å². The van der Waals surface area contributed by atoms with Crippen LogP contribution in [0.5, 0.6) is 0 Å². The van der Waals surface area contributed by atoms with Gasteiger partial charge in [-0.25, -0.2) is 4.39 Å². The van der Waals surface area contributed by atoms with Crippen LogP contribution in [-0.2, 0) is 29.7 Å². The van der Waals surface area contributed by atoms with E-state index in [1.165, 1.54) is 48.1 Å². The molecular weight excluding hydrogens is 520 g/mol. The minimum absolute atomic E-state index is 0.00350. The van der Waals surface area contributed by atoms with Crippen molar-refractivity contribution in [1.82, 2.24) is 24.9 Å². The van der Waals surface area contributed by atoms with E-state index in [1.54, 1.807) is 43.4 Å². The quantitative estimate of drug-likeness (QED) is 0.388. The van der Waals surface area contributed by atoms with Gasteiger partial charge in [0.15, 0.2) is 5.72 Å². The number of halogens is 3. The summed E-state index contributed by atoms with van der Waals surface area (Å²) in [7, 11) is 3.06. The third kappa shape index (κ3) is 4.08. The molecule has 0 spiro atoms. The lowest BCUT2D eigenvalue weighted by Gasteiger charge is -2.38. The number of aromatic nitrogens is 4. The molecule has 2 aromatic carbocycles. The summed E-state index contributed by atoms with van der Waals surface area (Å²) in [6.07, 6.45) is 3.00. The van der Waals surface area contributed by atoms with Crippen molar-refractivity contribution < 1.29 is 19.0 Å². The van der Waals surface area contributed by atoms with E-state index in [1.807, 2.05) is 0 Å². The molecule has 1 aliphatic rings. The van der Waals surface area contributed by atoms with E-state index >= 15 is 4.39 Å². The van der Waals surface area contributed by atoms with Gasteiger partial charge >= 0.3 is 0 Å². The minimum Gasteiger partial charge on any atom is -0.379 e. The molecule has 1 aliphatic heterocycles. The molecule has 1 amide bonds. The van der Waals surface area contributed by atoms with E-state index in [-0.39, 0.29) is 28.9 Å². The number of amides is 1. The van der Waals surface area contributed by atoms with Gasteiger partial charge in [-0.3, -0.25) is 19.4 Å². The smallest absolute Gasteiger partial charge is 0.257 e. The fourth-order valence-corrected chi connectivity index (χ4v) is 4.93. The van der Waals surface area contributed by atoms with Crippen LogP contribution >= 0.6 is 23.2 Å². The van der Waals surface area contributed by atoms with Crippen LogP contribution in [0.25, 0.3) is 0 Å². The highest BCUT2D eigenvalue weighted by Gasteiger charge is 2.54. The number of ether oxygens (including phenoxy) is 1. The maximum absolute atomic E-state index is 16.1. The summed E-state index contributed by atoms with van der Waals surface area (Å²) in [4.78, 5) is 19.7. The highest BCUT2D eigenvalue weighted by atomic mass is 35.5. The number of fused-ring (bicyclic) bond motifs is 1. The van der Waals surface area contributed by atoms with Crippen molar-refractivity contribution >= 4 is 29.1 Å². The van der Waals surface area contributed by atoms with Gasteiger partial charge in [-0.15, -0.1) is 5.10 Å². The Kier molecular flexibility index (Phi) is 6.27. The number of aliphatic hydroxyl groups is 1. The number of hydrogen-bond donors (Lipinski definition) is 1. The zero-order valence-electron chi connectivity index (χ0n) is 20.1. The van der Waals surface area contributed by atoms with Gasteiger partial charge in [0, 0.05) is 30.9 Å². The molecule has 37 heavy (non-hydrogen) atoms. The number of carbonyl (C=O) groups excluding carboxylic acids is 1. The van der Waals surface area contributed by atoms with Crippen LogP contribution in [0.3, 0.4) is 0 Å². The third-order valence-electron chi connectivity index (χ3n) is 6.59. The molecule has 2 aromatic heterocycles. The van der Waals surface area contributed by atoms with Crippen molar-refractivity contribution in [3.8, 4) is 0 Å². The number of benzene rings is 2. The second-order valence-electron chi connectivity index (χ2n) is 8.94. The Morgan fingerprint density at radius 3 is 2.43 bits per heavy atom. The molecule has 11 heteroatoms. The van der Waals surface area contributed by atoms with Gasteiger partial charge in [-0.1, -0.05) is 40.5 Å². The second-order valence-corrected chi connectivity index (χ2v) is 9.82. The van der Waals surface area contributed by atoms with Gasteiger partial charge < -0.3 is 9.84 Å². The molecule has 0 saturated carbocycles. The summed E-state index contributed by atoms with van der Waals surface area (Å²) in [6, 6.07) is 12.6. The molecule has 0 fully saturated rings. The Bertz CT molecular complexity index is 1490. The molecule has 4 aromatic rings. The number of hydrogen-bond acceptors (Lipinski definition) is 6. The highest BCUT2D eigenvalue weighted by molar-refractivity contribution is 6.30. The zero-order valence-corrected chi connectivity index (χ0v) is 21.6. The largest absolute Gasteiger partial charge is 0.379 e. The molecule has 0 saturated heterocycles. The molecule has 8 nitrogen and oxygen atoms in total. The van der Waals surface area contributed by atoms with E-state index in [0.717, 1.165) is 0 Å². The standard InChI is InChI=1S/C26H22Cl2FN5O3/c1-25(36,22-14-33(2)32-31-22)16-10-20-23(21(29)11-16)26(37-3,15-4-6-17(27)7-5-15)34(24(20)35)13-19-9-8-18(28)12-30-19/h4-12,14,36H,13H2,1-3H3/t25?,26-/m1/s1. The predicted octanol–water partition coefficient (Wildman–Crippen LogP) is 4.42. The Morgan fingerprint density at radius 1 is 1.14 bits per heavy atom. The van der Waals surface area contributed by atoms with Gasteiger partial charge in [0.2, 0.25) is 0 Å². The molecule has 0 radical (unpaired) electrons. The summed E-state index contributed by atoms with van der Waals surface area (Å²) >= 11 is 12.1. The van der Waals surface area contributed by atoms with Crippen LogP contribution in [0.2, 0.25) is 10.0 Å². The summed E-state index contributed by atoms with van der Waals surface area (Å²) in [5.74, 6) is -1.23. The summed E-state index contributed by atoms with van der Waals surface area (Å²) in [5.41, 5.74) is -1.91. The van der Waals surface area contributed by atoms with E-state index in [9.17, 15) is 9.90 Å². The fraction of sp³-hybridized carbons (Fsp3) is 0.231. The summed E-state index contributed by atoms with van der Waals surface area (Å²) in [5, 5.41) is 20.0. The Hall–Kier alpha value is -3.37. The topological polar surface area (TPSA) is 93.4 Å². The lowest BCUT2D eigenvalue weighted by molar-refractivity contribution is -0.0886. The van der Waals surface area contributed by atoms with Crippen molar-refractivity contribution in [2.45, 2.75) is 24.8 Å². The van der Waals surface area contributed by atoms with Gasteiger partial charge in [-0.2, -0.15) is 0 Å². The molecule has 1 unspecified atom stereocenters. The van der Waals surface area contributed by atoms with Crippen LogP contribution < -0.4 is 0 Å². The maximum atomic E-state index is 16.1. The van der Waals surface area contributed by atoms with E-state index < -0.39 is 23.1 Å². The van der Waals surface area contributed by atoms with Gasteiger partial charge in [0.1, 0.15) is 17.1 Å².